The maximum Gasteiger partial charge on any atom is 0.245 e. The van der Waals surface area contributed by atoms with Crippen LogP contribution in [0.1, 0.15) is 12.8 Å². The zero-order valence-electron chi connectivity index (χ0n) is 15.8. The monoisotopic (exact) mass is 367 g/mol. The number of hydrogen-bond donors (Lipinski definition) is 0. The minimum absolute atomic E-state index is 0.0201. The number of hydrogen-bond acceptors (Lipinski definition) is 4. The zero-order valence-corrected chi connectivity index (χ0v) is 15.8. The third-order valence-electron chi connectivity index (χ3n) is 4.76. The van der Waals surface area contributed by atoms with Gasteiger partial charge in [-0.25, -0.2) is 0 Å². The van der Waals surface area contributed by atoms with Gasteiger partial charge in [-0.1, -0.05) is 24.8 Å². The molecule has 0 atom stereocenters. The van der Waals surface area contributed by atoms with Crippen LogP contribution in [0, 0.1) is 0 Å². The Morgan fingerprint density at radius 2 is 1.78 bits per heavy atom. The van der Waals surface area contributed by atoms with Crippen LogP contribution in [-0.4, -0.2) is 44.2 Å². The number of piperidine rings is 1. The molecule has 1 fully saturated rings. The molecule has 27 heavy (non-hydrogen) atoms. The highest BCUT2D eigenvalue weighted by atomic mass is 16.5. The summed E-state index contributed by atoms with van der Waals surface area (Å²) in [7, 11) is 3.30. The lowest BCUT2D eigenvalue weighted by Crippen LogP contribution is -2.41. The first-order valence-electron chi connectivity index (χ1n) is 9.05. The Morgan fingerprint density at radius 1 is 1.07 bits per heavy atom. The number of rotatable bonds is 6. The lowest BCUT2D eigenvalue weighted by molar-refractivity contribution is -0.127. The molecular weight excluding hydrogens is 342 g/mol. The highest BCUT2D eigenvalue weighted by Crippen LogP contribution is 2.35. The highest BCUT2D eigenvalue weighted by molar-refractivity contribution is 5.87. The predicted octanol–water partition coefficient (Wildman–Crippen LogP) is 3.93. The number of carbonyl (C=O) groups excluding carboxylic acids is 1. The third kappa shape index (κ3) is 4.42. The summed E-state index contributed by atoms with van der Waals surface area (Å²) in [5.41, 5.74) is 1.95. The van der Waals surface area contributed by atoms with Crippen molar-refractivity contribution in [3.8, 4) is 28.4 Å². The van der Waals surface area contributed by atoms with E-state index >= 15 is 0 Å². The number of likely N-dealkylation sites (tertiary alicyclic amines) is 1. The number of benzene rings is 2. The van der Waals surface area contributed by atoms with Crippen LogP contribution < -0.4 is 14.2 Å². The fourth-order valence-corrected chi connectivity index (χ4v) is 3.31. The van der Waals surface area contributed by atoms with Gasteiger partial charge in [-0.05, 0) is 29.8 Å². The largest absolute Gasteiger partial charge is 0.497 e. The minimum Gasteiger partial charge on any atom is -0.497 e. The van der Waals surface area contributed by atoms with Crippen LogP contribution in [0.5, 0.6) is 17.2 Å². The van der Waals surface area contributed by atoms with Crippen molar-refractivity contribution in [1.29, 1.82) is 0 Å². The molecule has 2 aromatic rings. The van der Waals surface area contributed by atoms with E-state index < -0.39 is 0 Å². The van der Waals surface area contributed by atoms with Gasteiger partial charge in [0.25, 0.3) is 0 Å². The van der Waals surface area contributed by atoms with Crippen LogP contribution in [0.4, 0.5) is 0 Å². The van der Waals surface area contributed by atoms with Crippen molar-refractivity contribution in [3.05, 3.63) is 55.1 Å². The molecule has 0 aromatic heterocycles. The van der Waals surface area contributed by atoms with E-state index in [1.807, 2.05) is 42.5 Å². The maximum atomic E-state index is 11.7. The quantitative estimate of drug-likeness (QED) is 0.726. The molecule has 0 N–H and O–H groups in total. The minimum atomic E-state index is -0.0201. The second-order valence-corrected chi connectivity index (χ2v) is 6.44. The van der Waals surface area contributed by atoms with Gasteiger partial charge in [0.15, 0.2) is 0 Å². The lowest BCUT2D eigenvalue weighted by Gasteiger charge is -2.31. The van der Waals surface area contributed by atoms with E-state index in [0.29, 0.717) is 13.1 Å². The SMILES string of the molecule is C=CC(=O)N1CCC(Oc2cc(OC)cc(-c3ccccc3OC)c2)CC1. The van der Waals surface area contributed by atoms with Crippen molar-refractivity contribution in [1.82, 2.24) is 4.90 Å². The molecule has 5 heteroatoms. The summed E-state index contributed by atoms with van der Waals surface area (Å²) < 4.78 is 17.1. The highest BCUT2D eigenvalue weighted by Gasteiger charge is 2.23. The average Bonchev–Trinajstić information content (AvgIpc) is 2.73. The fraction of sp³-hybridized carbons (Fsp3) is 0.318. The first kappa shape index (κ1) is 18.8. The van der Waals surface area contributed by atoms with E-state index in [4.69, 9.17) is 14.2 Å². The number of ether oxygens (including phenoxy) is 3. The van der Waals surface area contributed by atoms with Crippen LogP contribution in [0.25, 0.3) is 11.1 Å². The van der Waals surface area contributed by atoms with Crippen molar-refractivity contribution in [2.45, 2.75) is 18.9 Å². The Hall–Kier alpha value is -2.95. The van der Waals surface area contributed by atoms with Crippen molar-refractivity contribution in [2.75, 3.05) is 27.3 Å². The second kappa shape index (κ2) is 8.62. The standard InChI is InChI=1S/C22H25NO4/c1-4-22(24)23-11-9-17(10-12-23)27-19-14-16(13-18(15-19)25-2)20-7-5-6-8-21(20)26-3/h4-8,13-15,17H,1,9-12H2,2-3H3. The van der Waals surface area contributed by atoms with Gasteiger partial charge >= 0.3 is 0 Å². The topological polar surface area (TPSA) is 48.0 Å². The summed E-state index contributed by atoms with van der Waals surface area (Å²) in [4.78, 5) is 13.5. The Bertz CT molecular complexity index is 810. The first-order valence-corrected chi connectivity index (χ1v) is 9.05. The van der Waals surface area contributed by atoms with E-state index in [1.165, 1.54) is 6.08 Å². The van der Waals surface area contributed by atoms with Gasteiger partial charge in [0, 0.05) is 37.6 Å². The van der Waals surface area contributed by atoms with Crippen LogP contribution in [0.15, 0.2) is 55.1 Å². The van der Waals surface area contributed by atoms with E-state index in [9.17, 15) is 4.79 Å². The van der Waals surface area contributed by atoms with Gasteiger partial charge in [0.2, 0.25) is 5.91 Å². The zero-order chi connectivity index (χ0) is 19.2. The summed E-state index contributed by atoms with van der Waals surface area (Å²) in [5, 5.41) is 0. The fourth-order valence-electron chi connectivity index (χ4n) is 3.31. The Morgan fingerprint density at radius 3 is 2.44 bits per heavy atom. The number of nitrogens with zero attached hydrogens (tertiary/aromatic N) is 1. The van der Waals surface area contributed by atoms with Crippen LogP contribution in [0.2, 0.25) is 0 Å². The normalized spacial score (nSPS) is 14.5. The molecular formula is C22H25NO4. The molecule has 5 nitrogen and oxygen atoms in total. The lowest BCUT2D eigenvalue weighted by atomic mass is 10.0. The van der Waals surface area contributed by atoms with Gasteiger partial charge in [0.1, 0.15) is 23.4 Å². The molecule has 1 heterocycles. The molecule has 0 unspecified atom stereocenters. The van der Waals surface area contributed by atoms with E-state index in [-0.39, 0.29) is 12.0 Å². The van der Waals surface area contributed by atoms with E-state index in [0.717, 1.165) is 41.2 Å². The Labute approximate surface area is 160 Å². The molecule has 0 saturated carbocycles. The van der Waals surface area contributed by atoms with Crippen LogP contribution in [-0.2, 0) is 4.79 Å². The molecule has 0 spiro atoms. The molecule has 3 rings (SSSR count). The summed E-state index contributed by atoms with van der Waals surface area (Å²) in [5.74, 6) is 2.26. The van der Waals surface area contributed by atoms with Gasteiger partial charge in [-0.15, -0.1) is 0 Å². The van der Waals surface area contributed by atoms with Crippen molar-refractivity contribution >= 4 is 5.91 Å². The first-order chi connectivity index (χ1) is 13.1. The van der Waals surface area contributed by atoms with Crippen LogP contribution in [0.3, 0.4) is 0 Å². The second-order valence-electron chi connectivity index (χ2n) is 6.44. The number of amides is 1. The smallest absolute Gasteiger partial charge is 0.245 e. The molecule has 142 valence electrons. The molecule has 0 aliphatic carbocycles. The van der Waals surface area contributed by atoms with Crippen molar-refractivity contribution in [2.24, 2.45) is 0 Å². The predicted molar refractivity (Wildman–Crippen MR) is 105 cm³/mol. The summed E-state index contributed by atoms with van der Waals surface area (Å²) in [6, 6.07) is 13.7. The summed E-state index contributed by atoms with van der Waals surface area (Å²) >= 11 is 0. The van der Waals surface area contributed by atoms with E-state index in [2.05, 4.69) is 6.58 Å². The molecule has 0 radical (unpaired) electrons. The van der Waals surface area contributed by atoms with Gasteiger partial charge in [0.05, 0.1) is 14.2 Å². The Balaban J connectivity index is 1.78. The summed E-state index contributed by atoms with van der Waals surface area (Å²) in [6.45, 7) is 4.91. The van der Waals surface area contributed by atoms with E-state index in [1.54, 1.807) is 19.1 Å². The van der Waals surface area contributed by atoms with Crippen molar-refractivity contribution in [3.63, 3.8) is 0 Å². The van der Waals surface area contributed by atoms with Gasteiger partial charge in [-0.2, -0.15) is 0 Å². The summed E-state index contributed by atoms with van der Waals surface area (Å²) in [6.07, 6.45) is 3.01. The number of para-hydroxylation sites is 1. The van der Waals surface area contributed by atoms with Gasteiger partial charge in [-0.3, -0.25) is 4.79 Å². The molecule has 1 aliphatic heterocycles. The molecule has 1 saturated heterocycles. The Kier molecular flexibility index (Phi) is 6.01. The number of carbonyl (C=O) groups is 1. The van der Waals surface area contributed by atoms with Crippen molar-refractivity contribution < 1.29 is 19.0 Å². The number of methoxy groups -OCH3 is 2. The molecule has 1 aliphatic rings. The molecule has 2 aromatic carbocycles. The molecule has 0 bridgehead atoms. The maximum absolute atomic E-state index is 11.7. The van der Waals surface area contributed by atoms with Gasteiger partial charge < -0.3 is 19.1 Å². The molecule has 1 amide bonds. The third-order valence-corrected chi connectivity index (χ3v) is 4.76. The van der Waals surface area contributed by atoms with Crippen LogP contribution >= 0.6 is 0 Å². The average molecular weight is 367 g/mol.